The fourth-order valence-electron chi connectivity index (χ4n) is 2.59. The standard InChI is InChI=1S/C16H30N2O2/c1-17-13-11-9-7-5-3-4-6-8-10-12-15(19)18(2)14-16(17)20/h3-14H2,1-2H3. The Hall–Kier alpha value is -1.06. The van der Waals surface area contributed by atoms with Crippen molar-refractivity contribution >= 4 is 11.8 Å². The van der Waals surface area contributed by atoms with Gasteiger partial charge in [-0.3, -0.25) is 9.59 Å². The fourth-order valence-corrected chi connectivity index (χ4v) is 2.59. The average Bonchev–Trinajstić information content (AvgIpc) is 2.42. The SMILES string of the molecule is CN1CCCCCCCCCCCC(=O)N(C)CC1=O. The number of hydrogen-bond donors (Lipinski definition) is 0. The molecule has 1 rings (SSSR count). The van der Waals surface area contributed by atoms with Gasteiger partial charge in [0.15, 0.2) is 0 Å². The normalized spacial score (nSPS) is 22.1. The third-order valence-electron chi connectivity index (χ3n) is 4.11. The lowest BCUT2D eigenvalue weighted by molar-refractivity contribution is -0.138. The summed E-state index contributed by atoms with van der Waals surface area (Å²) in [6.07, 6.45) is 11.4. The zero-order valence-electron chi connectivity index (χ0n) is 13.2. The number of carbonyl (C=O) groups excluding carboxylic acids is 2. The molecule has 0 radical (unpaired) electrons. The van der Waals surface area contributed by atoms with E-state index in [2.05, 4.69) is 0 Å². The van der Waals surface area contributed by atoms with Crippen LogP contribution in [0.25, 0.3) is 0 Å². The second-order valence-electron chi connectivity index (χ2n) is 6.00. The number of nitrogens with zero attached hydrogens (tertiary/aromatic N) is 2. The van der Waals surface area contributed by atoms with Gasteiger partial charge >= 0.3 is 0 Å². The zero-order valence-corrected chi connectivity index (χ0v) is 13.2. The van der Waals surface area contributed by atoms with Gasteiger partial charge in [-0.2, -0.15) is 0 Å². The molecule has 4 heteroatoms. The smallest absolute Gasteiger partial charge is 0.241 e. The monoisotopic (exact) mass is 282 g/mol. The van der Waals surface area contributed by atoms with Crippen LogP contribution in [-0.2, 0) is 9.59 Å². The fraction of sp³-hybridized carbons (Fsp3) is 0.875. The van der Waals surface area contributed by atoms with Crippen LogP contribution in [0.15, 0.2) is 0 Å². The molecular weight excluding hydrogens is 252 g/mol. The van der Waals surface area contributed by atoms with E-state index in [1.54, 1.807) is 16.8 Å². The lowest BCUT2D eigenvalue weighted by atomic mass is 10.1. The van der Waals surface area contributed by atoms with E-state index in [9.17, 15) is 9.59 Å². The molecule has 0 aromatic heterocycles. The first-order valence-electron chi connectivity index (χ1n) is 8.09. The molecule has 0 saturated carbocycles. The van der Waals surface area contributed by atoms with Gasteiger partial charge in [0, 0.05) is 27.1 Å². The number of likely N-dealkylation sites (N-methyl/N-ethyl adjacent to an activating group) is 2. The second-order valence-corrected chi connectivity index (χ2v) is 6.00. The van der Waals surface area contributed by atoms with Crippen molar-refractivity contribution in [2.75, 3.05) is 27.2 Å². The zero-order chi connectivity index (χ0) is 14.8. The van der Waals surface area contributed by atoms with Gasteiger partial charge < -0.3 is 9.80 Å². The summed E-state index contributed by atoms with van der Waals surface area (Å²) in [5.41, 5.74) is 0. The van der Waals surface area contributed by atoms with Crippen LogP contribution in [0.1, 0.15) is 64.2 Å². The summed E-state index contributed by atoms with van der Waals surface area (Å²) in [5, 5.41) is 0. The van der Waals surface area contributed by atoms with E-state index in [0.29, 0.717) is 6.42 Å². The average molecular weight is 282 g/mol. The molecule has 0 N–H and O–H groups in total. The van der Waals surface area contributed by atoms with Crippen LogP contribution in [0.4, 0.5) is 0 Å². The molecule has 20 heavy (non-hydrogen) atoms. The largest absolute Gasteiger partial charge is 0.344 e. The number of rotatable bonds is 0. The van der Waals surface area contributed by atoms with Crippen LogP contribution in [0, 0.1) is 0 Å². The van der Waals surface area contributed by atoms with Gasteiger partial charge in [0.25, 0.3) is 0 Å². The molecule has 0 aromatic rings. The van der Waals surface area contributed by atoms with Crippen LogP contribution in [0.2, 0.25) is 0 Å². The summed E-state index contributed by atoms with van der Waals surface area (Å²) in [4.78, 5) is 27.2. The molecule has 0 unspecified atom stereocenters. The van der Waals surface area contributed by atoms with E-state index < -0.39 is 0 Å². The van der Waals surface area contributed by atoms with Crippen LogP contribution in [0.3, 0.4) is 0 Å². The molecule has 0 aliphatic carbocycles. The van der Waals surface area contributed by atoms with Crippen molar-refractivity contribution < 1.29 is 9.59 Å². The predicted octanol–water partition coefficient (Wildman–Crippen LogP) is 2.82. The Morgan fingerprint density at radius 1 is 0.650 bits per heavy atom. The van der Waals surface area contributed by atoms with Crippen molar-refractivity contribution in [2.45, 2.75) is 64.2 Å². The Labute approximate surface area is 123 Å². The first-order valence-corrected chi connectivity index (χ1v) is 8.09. The van der Waals surface area contributed by atoms with Gasteiger partial charge in [0.2, 0.25) is 11.8 Å². The van der Waals surface area contributed by atoms with Crippen LogP contribution >= 0.6 is 0 Å². The summed E-state index contributed by atoms with van der Waals surface area (Å²) < 4.78 is 0. The summed E-state index contributed by atoms with van der Waals surface area (Å²) in [6.45, 7) is 1.02. The Morgan fingerprint density at radius 3 is 1.75 bits per heavy atom. The molecule has 0 aromatic carbocycles. The molecule has 0 atom stereocenters. The minimum Gasteiger partial charge on any atom is -0.344 e. The molecule has 1 saturated heterocycles. The van der Waals surface area contributed by atoms with Crippen molar-refractivity contribution in [3.8, 4) is 0 Å². The van der Waals surface area contributed by atoms with Crippen molar-refractivity contribution in [1.29, 1.82) is 0 Å². The molecule has 116 valence electrons. The van der Waals surface area contributed by atoms with Gasteiger partial charge in [0.1, 0.15) is 0 Å². The molecule has 2 amide bonds. The van der Waals surface area contributed by atoms with E-state index in [-0.39, 0.29) is 18.4 Å². The van der Waals surface area contributed by atoms with Gasteiger partial charge in [0.05, 0.1) is 6.54 Å². The van der Waals surface area contributed by atoms with Gasteiger partial charge in [-0.1, -0.05) is 44.9 Å². The van der Waals surface area contributed by atoms with E-state index in [1.165, 1.54) is 38.5 Å². The van der Waals surface area contributed by atoms with E-state index in [0.717, 1.165) is 25.8 Å². The Bertz CT molecular complexity index is 305. The highest BCUT2D eigenvalue weighted by atomic mass is 16.2. The third-order valence-corrected chi connectivity index (χ3v) is 4.11. The lowest BCUT2D eigenvalue weighted by Crippen LogP contribution is -2.39. The first kappa shape index (κ1) is 17.0. The van der Waals surface area contributed by atoms with E-state index in [1.807, 2.05) is 7.05 Å². The van der Waals surface area contributed by atoms with E-state index >= 15 is 0 Å². The van der Waals surface area contributed by atoms with Gasteiger partial charge in [-0.25, -0.2) is 0 Å². The minimum absolute atomic E-state index is 0.0490. The number of hydrogen-bond acceptors (Lipinski definition) is 2. The molecule has 0 spiro atoms. The van der Waals surface area contributed by atoms with Crippen molar-refractivity contribution in [1.82, 2.24) is 9.80 Å². The highest BCUT2D eigenvalue weighted by Gasteiger charge is 2.15. The van der Waals surface area contributed by atoms with Gasteiger partial charge in [-0.05, 0) is 12.8 Å². The maximum absolute atomic E-state index is 12.0. The maximum Gasteiger partial charge on any atom is 0.241 e. The van der Waals surface area contributed by atoms with Crippen molar-refractivity contribution in [3.05, 3.63) is 0 Å². The Balaban J connectivity index is 2.44. The van der Waals surface area contributed by atoms with Crippen LogP contribution in [-0.4, -0.2) is 48.8 Å². The Kier molecular flexibility index (Phi) is 8.31. The molecular formula is C16H30N2O2. The Morgan fingerprint density at radius 2 is 1.15 bits per heavy atom. The molecule has 4 nitrogen and oxygen atoms in total. The second kappa shape index (κ2) is 9.78. The summed E-state index contributed by atoms with van der Waals surface area (Å²) in [6, 6.07) is 0. The lowest BCUT2D eigenvalue weighted by Gasteiger charge is -2.22. The third kappa shape index (κ3) is 6.92. The molecule has 1 aliphatic heterocycles. The molecule has 1 fully saturated rings. The molecule has 1 heterocycles. The first-order chi connectivity index (χ1) is 9.61. The predicted molar refractivity (Wildman–Crippen MR) is 81.4 cm³/mol. The van der Waals surface area contributed by atoms with Crippen LogP contribution in [0.5, 0.6) is 0 Å². The summed E-state index contributed by atoms with van der Waals surface area (Å²) in [5.74, 6) is 0.145. The van der Waals surface area contributed by atoms with Crippen molar-refractivity contribution in [3.63, 3.8) is 0 Å². The molecule has 1 aliphatic rings. The summed E-state index contributed by atoms with van der Waals surface area (Å²) in [7, 11) is 3.57. The highest BCUT2D eigenvalue weighted by Crippen LogP contribution is 2.12. The van der Waals surface area contributed by atoms with Crippen molar-refractivity contribution in [2.24, 2.45) is 0 Å². The maximum atomic E-state index is 12.0. The quantitative estimate of drug-likeness (QED) is 0.685. The number of carbonyl (C=O) groups is 2. The number of amides is 2. The van der Waals surface area contributed by atoms with Crippen LogP contribution < -0.4 is 0 Å². The topological polar surface area (TPSA) is 40.6 Å². The van der Waals surface area contributed by atoms with E-state index in [4.69, 9.17) is 0 Å². The minimum atomic E-state index is 0.0490. The van der Waals surface area contributed by atoms with Gasteiger partial charge in [-0.15, -0.1) is 0 Å². The highest BCUT2D eigenvalue weighted by molar-refractivity contribution is 5.84. The summed E-state index contributed by atoms with van der Waals surface area (Å²) >= 11 is 0. The molecule has 0 bridgehead atoms.